The molecule has 5 heteroatoms. The number of hydrogen-bond acceptors (Lipinski definition) is 4. The van der Waals surface area contributed by atoms with Gasteiger partial charge in [0.1, 0.15) is 10.5 Å². The van der Waals surface area contributed by atoms with Gasteiger partial charge in [-0.1, -0.05) is 0 Å². The molecule has 0 unspecified atom stereocenters. The normalized spacial score (nSPS) is 28.9. The van der Waals surface area contributed by atoms with Gasteiger partial charge in [-0.25, -0.2) is 0 Å². The Labute approximate surface area is 105 Å². The number of amides is 1. The number of aromatic nitrogens is 2. The lowest BCUT2D eigenvalue weighted by Crippen LogP contribution is -2.38. The van der Waals surface area contributed by atoms with E-state index in [-0.39, 0.29) is 5.91 Å². The first kappa shape index (κ1) is 11.1. The maximum absolute atomic E-state index is 11.7. The van der Waals surface area contributed by atoms with Crippen LogP contribution in [-0.4, -0.2) is 22.1 Å². The molecule has 2 saturated carbocycles. The zero-order chi connectivity index (χ0) is 11.7. The standard InChI is InChI=1S/C12H17N3OS/c16-11(8-1-2-8)14-10-5-3-9(4-6-10)12-15-13-7-17-12/h7-10H,1-6H2,(H,14,16)/t9-,10-. The summed E-state index contributed by atoms with van der Waals surface area (Å²) in [6.45, 7) is 0. The van der Waals surface area contributed by atoms with Crippen LogP contribution in [0, 0.1) is 5.92 Å². The van der Waals surface area contributed by atoms with Crippen molar-refractivity contribution in [1.29, 1.82) is 0 Å². The van der Waals surface area contributed by atoms with Gasteiger partial charge in [-0.05, 0) is 38.5 Å². The van der Waals surface area contributed by atoms with Crippen LogP contribution in [0.2, 0.25) is 0 Å². The smallest absolute Gasteiger partial charge is 0.223 e. The van der Waals surface area contributed by atoms with Crippen LogP contribution in [0.1, 0.15) is 49.5 Å². The fourth-order valence-corrected chi connectivity index (χ4v) is 3.23. The Morgan fingerprint density at radius 1 is 1.24 bits per heavy atom. The number of hydrogen-bond donors (Lipinski definition) is 1. The first-order chi connectivity index (χ1) is 8.33. The van der Waals surface area contributed by atoms with E-state index in [1.54, 1.807) is 16.8 Å². The Morgan fingerprint density at radius 2 is 2.00 bits per heavy atom. The summed E-state index contributed by atoms with van der Waals surface area (Å²) in [4.78, 5) is 11.7. The number of carbonyl (C=O) groups excluding carboxylic acids is 1. The van der Waals surface area contributed by atoms with E-state index in [1.807, 2.05) is 0 Å². The first-order valence-electron chi connectivity index (χ1n) is 6.39. The highest BCUT2D eigenvalue weighted by Gasteiger charge is 2.32. The number of nitrogens with one attached hydrogen (secondary N) is 1. The van der Waals surface area contributed by atoms with E-state index < -0.39 is 0 Å². The van der Waals surface area contributed by atoms with E-state index >= 15 is 0 Å². The Hall–Kier alpha value is -0.970. The van der Waals surface area contributed by atoms with Crippen molar-refractivity contribution in [3.63, 3.8) is 0 Å². The molecule has 2 aliphatic rings. The molecule has 92 valence electrons. The molecule has 0 saturated heterocycles. The highest BCUT2D eigenvalue weighted by atomic mass is 32.1. The van der Waals surface area contributed by atoms with Crippen molar-refractivity contribution >= 4 is 17.2 Å². The average molecular weight is 251 g/mol. The molecule has 1 amide bonds. The molecule has 1 aromatic rings. The zero-order valence-electron chi connectivity index (χ0n) is 9.76. The van der Waals surface area contributed by atoms with E-state index in [9.17, 15) is 4.79 Å². The Balaban J connectivity index is 1.48. The van der Waals surface area contributed by atoms with Crippen LogP contribution in [0.4, 0.5) is 0 Å². The number of carbonyl (C=O) groups is 1. The van der Waals surface area contributed by atoms with Crippen LogP contribution in [0.5, 0.6) is 0 Å². The lowest BCUT2D eigenvalue weighted by Gasteiger charge is -2.27. The van der Waals surface area contributed by atoms with Crippen molar-refractivity contribution in [1.82, 2.24) is 15.5 Å². The third kappa shape index (κ3) is 2.65. The minimum atomic E-state index is 0.282. The van der Waals surface area contributed by atoms with Crippen LogP contribution >= 0.6 is 11.3 Å². The molecular formula is C12H17N3OS. The Morgan fingerprint density at radius 3 is 2.59 bits per heavy atom. The quantitative estimate of drug-likeness (QED) is 0.895. The van der Waals surface area contributed by atoms with E-state index in [4.69, 9.17) is 0 Å². The topological polar surface area (TPSA) is 54.9 Å². The predicted octanol–water partition coefficient (Wildman–Crippen LogP) is 2.09. The molecule has 2 fully saturated rings. The summed E-state index contributed by atoms with van der Waals surface area (Å²) < 4.78 is 0. The van der Waals surface area contributed by atoms with Gasteiger partial charge >= 0.3 is 0 Å². The van der Waals surface area contributed by atoms with Crippen molar-refractivity contribution in [3.05, 3.63) is 10.5 Å². The second kappa shape index (κ2) is 4.72. The number of rotatable bonds is 3. The highest BCUT2D eigenvalue weighted by Crippen LogP contribution is 2.34. The minimum Gasteiger partial charge on any atom is -0.353 e. The predicted molar refractivity (Wildman–Crippen MR) is 65.8 cm³/mol. The summed E-state index contributed by atoms with van der Waals surface area (Å²) in [6, 6.07) is 0.396. The summed E-state index contributed by atoms with van der Waals surface area (Å²) in [6.07, 6.45) is 6.61. The van der Waals surface area contributed by atoms with Crippen LogP contribution in [0.15, 0.2) is 5.51 Å². The average Bonchev–Trinajstić information content (AvgIpc) is 3.07. The third-order valence-electron chi connectivity index (χ3n) is 3.75. The van der Waals surface area contributed by atoms with Gasteiger partial charge in [0.25, 0.3) is 0 Å². The van der Waals surface area contributed by atoms with E-state index in [1.165, 1.54) is 0 Å². The molecule has 1 heterocycles. The molecular weight excluding hydrogens is 234 g/mol. The van der Waals surface area contributed by atoms with E-state index in [0.717, 1.165) is 43.5 Å². The zero-order valence-corrected chi connectivity index (χ0v) is 10.6. The van der Waals surface area contributed by atoms with Gasteiger partial charge < -0.3 is 5.32 Å². The molecule has 0 spiro atoms. The Kier molecular flexibility index (Phi) is 3.09. The second-order valence-corrected chi connectivity index (χ2v) is 5.97. The molecule has 0 radical (unpaired) electrons. The van der Waals surface area contributed by atoms with Gasteiger partial charge in [-0.3, -0.25) is 4.79 Å². The van der Waals surface area contributed by atoms with Gasteiger partial charge in [0.2, 0.25) is 5.91 Å². The molecule has 1 aromatic heterocycles. The summed E-state index contributed by atoms with van der Waals surface area (Å²) in [5.74, 6) is 1.18. The van der Waals surface area contributed by atoms with Gasteiger partial charge in [-0.15, -0.1) is 21.5 Å². The number of nitrogens with zero attached hydrogens (tertiary/aromatic N) is 2. The third-order valence-corrected chi connectivity index (χ3v) is 4.60. The SMILES string of the molecule is O=C(N[C@H]1CC[C@H](c2nncs2)CC1)C1CC1. The minimum absolute atomic E-state index is 0.282. The largest absolute Gasteiger partial charge is 0.353 e. The van der Waals surface area contributed by atoms with Crippen LogP contribution < -0.4 is 5.32 Å². The van der Waals surface area contributed by atoms with Gasteiger partial charge in [-0.2, -0.15) is 0 Å². The maximum atomic E-state index is 11.7. The molecule has 2 aliphatic carbocycles. The summed E-state index contributed by atoms with van der Waals surface area (Å²) >= 11 is 1.65. The van der Waals surface area contributed by atoms with Crippen molar-refractivity contribution < 1.29 is 4.79 Å². The molecule has 1 N–H and O–H groups in total. The van der Waals surface area contributed by atoms with E-state index in [0.29, 0.717) is 17.9 Å². The van der Waals surface area contributed by atoms with Gasteiger partial charge in [0.15, 0.2) is 0 Å². The molecule has 17 heavy (non-hydrogen) atoms. The van der Waals surface area contributed by atoms with Gasteiger partial charge in [0.05, 0.1) is 0 Å². The van der Waals surface area contributed by atoms with Crippen molar-refractivity contribution in [3.8, 4) is 0 Å². The summed E-state index contributed by atoms with van der Waals surface area (Å²) in [7, 11) is 0. The fraction of sp³-hybridized carbons (Fsp3) is 0.750. The second-order valence-electron chi connectivity index (χ2n) is 5.11. The van der Waals surface area contributed by atoms with Crippen molar-refractivity contribution in [2.45, 2.75) is 50.5 Å². The lowest BCUT2D eigenvalue weighted by atomic mass is 9.86. The summed E-state index contributed by atoms with van der Waals surface area (Å²) in [5, 5.41) is 12.4. The molecule has 0 bridgehead atoms. The van der Waals surface area contributed by atoms with E-state index in [2.05, 4.69) is 15.5 Å². The monoisotopic (exact) mass is 251 g/mol. The van der Waals surface area contributed by atoms with Crippen LogP contribution in [-0.2, 0) is 4.79 Å². The fourth-order valence-electron chi connectivity index (χ4n) is 2.51. The molecule has 0 aliphatic heterocycles. The highest BCUT2D eigenvalue weighted by molar-refractivity contribution is 7.09. The van der Waals surface area contributed by atoms with Crippen molar-refractivity contribution in [2.24, 2.45) is 5.92 Å². The van der Waals surface area contributed by atoms with Gasteiger partial charge in [0, 0.05) is 17.9 Å². The lowest BCUT2D eigenvalue weighted by molar-refractivity contribution is -0.123. The molecule has 4 nitrogen and oxygen atoms in total. The molecule has 3 rings (SSSR count). The van der Waals surface area contributed by atoms with Crippen molar-refractivity contribution in [2.75, 3.05) is 0 Å². The summed E-state index contributed by atoms with van der Waals surface area (Å²) in [5.41, 5.74) is 1.80. The van der Waals surface area contributed by atoms with Crippen LogP contribution in [0.3, 0.4) is 0 Å². The first-order valence-corrected chi connectivity index (χ1v) is 7.27. The molecule has 0 aromatic carbocycles. The Bertz CT molecular complexity index is 380. The maximum Gasteiger partial charge on any atom is 0.223 e. The van der Waals surface area contributed by atoms with Crippen LogP contribution in [0.25, 0.3) is 0 Å². The molecule has 0 atom stereocenters.